The van der Waals surface area contributed by atoms with Gasteiger partial charge in [-0.2, -0.15) is 13.2 Å². The smallest absolute Gasteiger partial charge is 0.433 e. The highest BCUT2D eigenvalue weighted by Crippen LogP contribution is 2.35. The molecule has 0 amide bonds. The number of nitrogens with zero attached hydrogens (tertiary/aromatic N) is 1. The predicted molar refractivity (Wildman–Crippen MR) is 64.9 cm³/mol. The van der Waals surface area contributed by atoms with Gasteiger partial charge in [-0.25, -0.2) is 0 Å². The van der Waals surface area contributed by atoms with Crippen molar-refractivity contribution in [2.45, 2.75) is 43.9 Å². The minimum absolute atomic E-state index is 0.0288. The summed E-state index contributed by atoms with van der Waals surface area (Å²) in [7, 11) is 0. The van der Waals surface area contributed by atoms with Gasteiger partial charge in [-0.15, -0.1) is 0 Å². The molecule has 2 N–H and O–H groups in total. The highest BCUT2D eigenvalue weighted by Gasteiger charge is 2.38. The van der Waals surface area contributed by atoms with Crippen molar-refractivity contribution in [3.05, 3.63) is 29.6 Å². The van der Waals surface area contributed by atoms with E-state index in [4.69, 9.17) is 5.11 Å². The van der Waals surface area contributed by atoms with Crippen LogP contribution in [-0.2, 0) is 17.5 Å². The van der Waals surface area contributed by atoms with Gasteiger partial charge in [0.15, 0.2) is 0 Å². The zero-order chi connectivity index (χ0) is 14.8. The summed E-state index contributed by atoms with van der Waals surface area (Å²) in [5.41, 5.74) is -0.742. The van der Waals surface area contributed by atoms with Crippen LogP contribution in [0.15, 0.2) is 18.3 Å². The molecule has 1 aromatic rings. The quantitative estimate of drug-likeness (QED) is 0.874. The Kier molecular flexibility index (Phi) is 3.99. The molecule has 0 spiro atoms. The van der Waals surface area contributed by atoms with Gasteiger partial charge in [0.05, 0.1) is 6.42 Å². The van der Waals surface area contributed by atoms with Crippen LogP contribution < -0.4 is 5.32 Å². The van der Waals surface area contributed by atoms with Crippen LogP contribution >= 0.6 is 0 Å². The van der Waals surface area contributed by atoms with Crippen molar-refractivity contribution in [2.75, 3.05) is 0 Å². The van der Waals surface area contributed by atoms with Crippen molar-refractivity contribution in [2.24, 2.45) is 0 Å². The number of nitrogens with one attached hydrogen (secondary N) is 1. The van der Waals surface area contributed by atoms with Gasteiger partial charge >= 0.3 is 12.1 Å². The summed E-state index contributed by atoms with van der Waals surface area (Å²) in [5, 5.41) is 12.0. The Balaban J connectivity index is 1.95. The molecule has 4 nitrogen and oxygen atoms in total. The van der Waals surface area contributed by atoms with Gasteiger partial charge in [0.1, 0.15) is 5.69 Å². The molecule has 0 radical (unpaired) electrons. The molecule has 1 fully saturated rings. The number of alkyl halides is 3. The van der Waals surface area contributed by atoms with E-state index in [0.29, 0.717) is 12.1 Å². The van der Waals surface area contributed by atoms with Gasteiger partial charge < -0.3 is 10.4 Å². The van der Waals surface area contributed by atoms with Gasteiger partial charge in [-0.05, 0) is 30.9 Å². The molecule has 0 bridgehead atoms. The zero-order valence-electron chi connectivity index (χ0n) is 10.7. The molecule has 20 heavy (non-hydrogen) atoms. The number of aliphatic carboxylic acids is 1. The van der Waals surface area contributed by atoms with Gasteiger partial charge in [0, 0.05) is 18.3 Å². The van der Waals surface area contributed by atoms with Gasteiger partial charge in [0.2, 0.25) is 0 Å². The molecule has 0 aromatic carbocycles. The fourth-order valence-electron chi connectivity index (χ4n) is 2.30. The predicted octanol–water partition coefficient (Wildman–Crippen LogP) is 2.59. The lowest BCUT2D eigenvalue weighted by Crippen LogP contribution is -2.51. The molecule has 1 aromatic heterocycles. The number of carboxylic acid groups (broad SMARTS) is 1. The summed E-state index contributed by atoms with van der Waals surface area (Å²) in [4.78, 5) is 14.2. The number of rotatable bonds is 5. The first-order valence-electron chi connectivity index (χ1n) is 6.30. The average Bonchev–Trinajstić information content (AvgIpc) is 2.31. The lowest BCUT2D eigenvalue weighted by molar-refractivity contribution is -0.141. The summed E-state index contributed by atoms with van der Waals surface area (Å²) in [6, 6.07) is 2.29. The van der Waals surface area contributed by atoms with E-state index in [0.717, 1.165) is 25.3 Å². The van der Waals surface area contributed by atoms with E-state index in [1.807, 2.05) is 0 Å². The maximum atomic E-state index is 12.4. The third kappa shape index (κ3) is 3.47. The first kappa shape index (κ1) is 14.8. The molecule has 7 heteroatoms. The largest absolute Gasteiger partial charge is 0.481 e. The van der Waals surface area contributed by atoms with Crippen LogP contribution in [0, 0.1) is 0 Å². The van der Waals surface area contributed by atoms with E-state index in [9.17, 15) is 18.0 Å². The van der Waals surface area contributed by atoms with Crippen molar-refractivity contribution in [3.63, 3.8) is 0 Å². The van der Waals surface area contributed by atoms with Crippen molar-refractivity contribution >= 4 is 5.97 Å². The summed E-state index contributed by atoms with van der Waals surface area (Å²) in [6.07, 6.45) is -0.735. The van der Waals surface area contributed by atoms with Crippen LogP contribution in [0.5, 0.6) is 0 Å². The van der Waals surface area contributed by atoms with Crippen molar-refractivity contribution < 1.29 is 23.1 Å². The fourth-order valence-corrected chi connectivity index (χ4v) is 2.30. The van der Waals surface area contributed by atoms with Crippen LogP contribution in [0.25, 0.3) is 0 Å². The van der Waals surface area contributed by atoms with E-state index in [1.54, 1.807) is 0 Å². The Morgan fingerprint density at radius 1 is 1.40 bits per heavy atom. The lowest BCUT2D eigenvalue weighted by atomic mass is 9.74. The van der Waals surface area contributed by atoms with Crippen LogP contribution in [0.2, 0.25) is 0 Å². The monoisotopic (exact) mass is 288 g/mol. The van der Waals surface area contributed by atoms with E-state index >= 15 is 0 Å². The van der Waals surface area contributed by atoms with Crippen molar-refractivity contribution in [1.82, 2.24) is 10.3 Å². The van der Waals surface area contributed by atoms with Crippen LogP contribution in [0.3, 0.4) is 0 Å². The second-order valence-electron chi connectivity index (χ2n) is 5.11. The molecule has 110 valence electrons. The molecule has 2 rings (SSSR count). The Hall–Kier alpha value is -1.63. The molecular formula is C13H15F3N2O2. The summed E-state index contributed by atoms with van der Waals surface area (Å²) >= 11 is 0. The second kappa shape index (κ2) is 5.40. The molecule has 0 unspecified atom stereocenters. The number of carbonyl (C=O) groups is 1. The van der Waals surface area contributed by atoms with Gasteiger partial charge in [-0.1, -0.05) is 6.07 Å². The number of hydrogen-bond donors (Lipinski definition) is 2. The number of pyridine rings is 1. The minimum atomic E-state index is -4.44. The Morgan fingerprint density at radius 3 is 2.50 bits per heavy atom. The fraction of sp³-hybridized carbons (Fsp3) is 0.538. The second-order valence-corrected chi connectivity index (χ2v) is 5.11. The van der Waals surface area contributed by atoms with Crippen molar-refractivity contribution in [3.8, 4) is 0 Å². The first-order chi connectivity index (χ1) is 9.31. The van der Waals surface area contributed by atoms with Crippen LogP contribution in [0.4, 0.5) is 13.2 Å². The summed E-state index contributed by atoms with van der Waals surface area (Å²) in [6.45, 7) is 0.318. The first-order valence-corrected chi connectivity index (χ1v) is 6.30. The topological polar surface area (TPSA) is 62.2 Å². The van der Waals surface area contributed by atoms with Crippen LogP contribution in [0.1, 0.15) is 36.9 Å². The maximum Gasteiger partial charge on any atom is 0.433 e. The molecule has 1 heterocycles. The SMILES string of the molecule is O=C(O)CC1(NCc2ccc(C(F)(F)F)nc2)CCC1. The highest BCUT2D eigenvalue weighted by atomic mass is 19.4. The molecule has 0 atom stereocenters. The third-order valence-electron chi connectivity index (χ3n) is 3.58. The normalized spacial score (nSPS) is 17.6. The standard InChI is InChI=1S/C13H15F3N2O2/c14-13(15,16)10-3-2-9(7-17-10)8-18-12(4-1-5-12)6-11(19)20/h2-3,7,18H,1,4-6,8H2,(H,19,20). The number of aromatic nitrogens is 1. The molecule has 1 aliphatic rings. The van der Waals surface area contributed by atoms with E-state index in [-0.39, 0.29) is 6.42 Å². The lowest BCUT2D eigenvalue weighted by Gasteiger charge is -2.41. The maximum absolute atomic E-state index is 12.4. The minimum Gasteiger partial charge on any atom is -0.481 e. The molecule has 1 saturated carbocycles. The Bertz CT molecular complexity index is 481. The number of carboxylic acids is 1. The zero-order valence-corrected chi connectivity index (χ0v) is 10.7. The molecule has 1 aliphatic carbocycles. The Morgan fingerprint density at radius 2 is 2.10 bits per heavy atom. The third-order valence-corrected chi connectivity index (χ3v) is 3.58. The average molecular weight is 288 g/mol. The van der Waals surface area contributed by atoms with E-state index in [1.165, 1.54) is 12.3 Å². The van der Waals surface area contributed by atoms with Crippen LogP contribution in [-0.4, -0.2) is 21.6 Å². The number of hydrogen-bond acceptors (Lipinski definition) is 3. The van der Waals surface area contributed by atoms with Gasteiger partial charge in [-0.3, -0.25) is 9.78 Å². The van der Waals surface area contributed by atoms with E-state index in [2.05, 4.69) is 10.3 Å². The summed E-state index contributed by atoms with van der Waals surface area (Å²) < 4.78 is 37.1. The highest BCUT2D eigenvalue weighted by molar-refractivity contribution is 5.68. The Labute approximate surface area is 114 Å². The van der Waals surface area contributed by atoms with Gasteiger partial charge in [0.25, 0.3) is 0 Å². The molecular weight excluding hydrogens is 273 g/mol. The molecule has 0 aliphatic heterocycles. The molecule has 0 saturated heterocycles. The summed E-state index contributed by atoms with van der Waals surface area (Å²) in [5.74, 6) is -0.872. The van der Waals surface area contributed by atoms with Crippen molar-refractivity contribution in [1.29, 1.82) is 0 Å². The number of halogens is 3. The van der Waals surface area contributed by atoms with E-state index < -0.39 is 23.4 Å².